The molecule has 1 amide bonds. The van der Waals surface area contributed by atoms with Gasteiger partial charge in [-0.1, -0.05) is 25.1 Å². The van der Waals surface area contributed by atoms with Gasteiger partial charge in [-0.3, -0.25) is 14.2 Å². The summed E-state index contributed by atoms with van der Waals surface area (Å²) in [5.41, 5.74) is 0.857. The van der Waals surface area contributed by atoms with E-state index in [2.05, 4.69) is 5.32 Å². The van der Waals surface area contributed by atoms with E-state index in [1.165, 1.54) is 10.6 Å². The number of rotatable bonds is 7. The first-order valence-corrected chi connectivity index (χ1v) is 8.06. The lowest BCUT2D eigenvalue weighted by Crippen LogP contribution is -2.31. The fraction of sp³-hybridized carbons (Fsp3) is 0.263. The molecule has 5 heteroatoms. The molecule has 0 spiro atoms. The van der Waals surface area contributed by atoms with E-state index >= 15 is 0 Å². The van der Waals surface area contributed by atoms with Crippen LogP contribution in [0.2, 0.25) is 0 Å². The Kier molecular flexibility index (Phi) is 6.37. The zero-order valence-electron chi connectivity index (χ0n) is 14.0. The molecule has 0 atom stereocenters. The Morgan fingerprint density at radius 1 is 1.17 bits per heavy atom. The highest BCUT2D eigenvalue weighted by Crippen LogP contribution is 2.16. The first kappa shape index (κ1) is 17.5. The number of amides is 1. The molecule has 1 N–H and O–H groups in total. The van der Waals surface area contributed by atoms with Gasteiger partial charge in [-0.15, -0.1) is 0 Å². The third-order valence-corrected chi connectivity index (χ3v) is 3.34. The van der Waals surface area contributed by atoms with Gasteiger partial charge in [0.05, 0.1) is 6.61 Å². The number of carbonyl (C=O) groups excluding carboxylic acids is 1. The smallest absolute Gasteiger partial charge is 0.268 e. The fourth-order valence-corrected chi connectivity index (χ4v) is 2.18. The molecule has 2 rings (SSSR count). The maximum absolute atomic E-state index is 12.5. The van der Waals surface area contributed by atoms with Crippen molar-refractivity contribution in [3.05, 3.63) is 64.6 Å². The van der Waals surface area contributed by atoms with Crippen molar-refractivity contribution in [1.82, 2.24) is 9.88 Å². The summed E-state index contributed by atoms with van der Waals surface area (Å²) in [6.07, 6.45) is 4.11. The van der Waals surface area contributed by atoms with Crippen LogP contribution in [-0.2, 0) is 4.79 Å². The summed E-state index contributed by atoms with van der Waals surface area (Å²) in [6.45, 7) is 5.05. The Morgan fingerprint density at radius 2 is 1.92 bits per heavy atom. The van der Waals surface area contributed by atoms with Crippen LogP contribution in [0.4, 0.5) is 0 Å². The van der Waals surface area contributed by atoms with E-state index in [1.807, 2.05) is 38.1 Å². The van der Waals surface area contributed by atoms with Gasteiger partial charge in [0.2, 0.25) is 0 Å². The van der Waals surface area contributed by atoms with E-state index in [4.69, 9.17) is 4.74 Å². The highest BCUT2D eigenvalue weighted by atomic mass is 16.5. The van der Waals surface area contributed by atoms with Gasteiger partial charge in [-0.2, -0.15) is 0 Å². The van der Waals surface area contributed by atoms with Gasteiger partial charge < -0.3 is 10.1 Å². The molecule has 24 heavy (non-hydrogen) atoms. The van der Waals surface area contributed by atoms with Crippen molar-refractivity contribution in [3.8, 4) is 5.75 Å². The Labute approximate surface area is 141 Å². The molecule has 0 saturated carbocycles. The molecule has 0 bridgehead atoms. The predicted molar refractivity (Wildman–Crippen MR) is 95.8 cm³/mol. The normalized spacial score (nSPS) is 11.2. The summed E-state index contributed by atoms with van der Waals surface area (Å²) in [4.78, 5) is 24.6. The second kappa shape index (κ2) is 8.72. The summed E-state index contributed by atoms with van der Waals surface area (Å²) in [6, 6.07) is 12.2. The van der Waals surface area contributed by atoms with Gasteiger partial charge >= 0.3 is 0 Å². The highest BCUT2D eigenvalue weighted by molar-refractivity contribution is 6.18. The first-order valence-electron chi connectivity index (χ1n) is 8.06. The number of benzene rings is 1. The standard InChI is InChI=1S/C19H22N2O3/c1-3-12-20-19(23)17(21-13-6-5-7-18(21)22)14-15-8-10-16(11-9-15)24-4-2/h5-11,13-14H,3-4,12H2,1-2H3,(H,20,23)/b17-14+. The van der Waals surface area contributed by atoms with Crippen molar-refractivity contribution >= 4 is 17.7 Å². The molecule has 0 aliphatic carbocycles. The molecule has 0 fully saturated rings. The Morgan fingerprint density at radius 3 is 2.54 bits per heavy atom. The van der Waals surface area contributed by atoms with Crippen LogP contribution in [0.15, 0.2) is 53.5 Å². The van der Waals surface area contributed by atoms with Crippen molar-refractivity contribution in [2.75, 3.05) is 13.2 Å². The van der Waals surface area contributed by atoms with Gasteiger partial charge in [0.1, 0.15) is 11.4 Å². The number of hydrogen-bond donors (Lipinski definition) is 1. The van der Waals surface area contributed by atoms with Gasteiger partial charge in [0.15, 0.2) is 0 Å². The summed E-state index contributed by atoms with van der Waals surface area (Å²) in [5.74, 6) is 0.488. The molecule has 0 aliphatic heterocycles. The lowest BCUT2D eigenvalue weighted by molar-refractivity contribution is -0.115. The summed E-state index contributed by atoms with van der Waals surface area (Å²) in [5, 5.41) is 2.82. The minimum Gasteiger partial charge on any atom is -0.494 e. The molecule has 2 aromatic rings. The molecular weight excluding hydrogens is 304 g/mol. The molecule has 0 unspecified atom stereocenters. The minimum absolute atomic E-state index is 0.249. The SMILES string of the molecule is CCCNC(=O)/C(=C\c1ccc(OCC)cc1)n1ccccc1=O. The highest BCUT2D eigenvalue weighted by Gasteiger charge is 2.12. The number of aromatic nitrogens is 1. The van der Waals surface area contributed by atoms with Crippen LogP contribution in [0.1, 0.15) is 25.8 Å². The number of ether oxygens (including phenoxy) is 1. The maximum atomic E-state index is 12.5. The van der Waals surface area contributed by atoms with E-state index in [9.17, 15) is 9.59 Å². The monoisotopic (exact) mass is 326 g/mol. The lowest BCUT2D eigenvalue weighted by atomic mass is 10.1. The third-order valence-electron chi connectivity index (χ3n) is 3.34. The zero-order valence-corrected chi connectivity index (χ0v) is 14.0. The zero-order chi connectivity index (χ0) is 17.4. The molecule has 0 aliphatic rings. The second-order valence-corrected chi connectivity index (χ2v) is 5.20. The van der Waals surface area contributed by atoms with Crippen molar-refractivity contribution in [2.24, 2.45) is 0 Å². The molecule has 126 valence electrons. The van der Waals surface area contributed by atoms with Crippen LogP contribution in [0.25, 0.3) is 11.8 Å². The van der Waals surface area contributed by atoms with Crippen LogP contribution in [0, 0.1) is 0 Å². The third kappa shape index (κ3) is 4.59. The summed E-state index contributed by atoms with van der Waals surface area (Å²) >= 11 is 0. The number of hydrogen-bond acceptors (Lipinski definition) is 3. The van der Waals surface area contributed by atoms with Crippen molar-refractivity contribution in [2.45, 2.75) is 20.3 Å². The van der Waals surface area contributed by atoms with Crippen LogP contribution >= 0.6 is 0 Å². The van der Waals surface area contributed by atoms with E-state index in [0.29, 0.717) is 18.8 Å². The largest absolute Gasteiger partial charge is 0.494 e. The van der Waals surface area contributed by atoms with Gasteiger partial charge in [0, 0.05) is 18.8 Å². The van der Waals surface area contributed by atoms with Crippen molar-refractivity contribution in [1.29, 1.82) is 0 Å². The maximum Gasteiger partial charge on any atom is 0.268 e. The average molecular weight is 326 g/mol. The lowest BCUT2D eigenvalue weighted by Gasteiger charge is -2.11. The molecule has 0 saturated heterocycles. The Hall–Kier alpha value is -2.82. The number of nitrogens with zero attached hydrogens (tertiary/aromatic N) is 1. The van der Waals surface area contributed by atoms with E-state index in [-0.39, 0.29) is 11.5 Å². The number of pyridine rings is 1. The van der Waals surface area contributed by atoms with Gasteiger partial charge in [-0.25, -0.2) is 0 Å². The van der Waals surface area contributed by atoms with E-state index in [1.54, 1.807) is 24.4 Å². The second-order valence-electron chi connectivity index (χ2n) is 5.20. The topological polar surface area (TPSA) is 60.3 Å². The van der Waals surface area contributed by atoms with Gasteiger partial charge in [0.25, 0.3) is 11.5 Å². The van der Waals surface area contributed by atoms with Crippen LogP contribution in [-0.4, -0.2) is 23.6 Å². The van der Waals surface area contributed by atoms with E-state index < -0.39 is 0 Å². The minimum atomic E-state index is -0.279. The molecular formula is C19H22N2O3. The fourth-order valence-electron chi connectivity index (χ4n) is 2.18. The van der Waals surface area contributed by atoms with Crippen LogP contribution < -0.4 is 15.6 Å². The summed E-state index contributed by atoms with van der Waals surface area (Å²) in [7, 11) is 0. The number of carbonyl (C=O) groups is 1. The first-order chi connectivity index (χ1) is 11.7. The summed E-state index contributed by atoms with van der Waals surface area (Å²) < 4.78 is 6.76. The molecule has 1 heterocycles. The quantitative estimate of drug-likeness (QED) is 0.796. The van der Waals surface area contributed by atoms with Gasteiger partial charge in [-0.05, 0) is 43.2 Å². The van der Waals surface area contributed by atoms with Crippen LogP contribution in [0.5, 0.6) is 5.75 Å². The molecule has 1 aromatic carbocycles. The Balaban J connectivity index is 2.39. The molecule has 1 aromatic heterocycles. The number of nitrogens with one attached hydrogen (secondary N) is 1. The van der Waals surface area contributed by atoms with Crippen molar-refractivity contribution < 1.29 is 9.53 Å². The molecule has 0 radical (unpaired) electrons. The Bertz CT molecular complexity index is 761. The van der Waals surface area contributed by atoms with Crippen molar-refractivity contribution in [3.63, 3.8) is 0 Å². The average Bonchev–Trinajstić information content (AvgIpc) is 2.60. The molecule has 5 nitrogen and oxygen atoms in total. The van der Waals surface area contributed by atoms with E-state index in [0.717, 1.165) is 17.7 Å². The predicted octanol–water partition coefficient (Wildman–Crippen LogP) is 2.77. The van der Waals surface area contributed by atoms with Crippen LogP contribution in [0.3, 0.4) is 0 Å².